The van der Waals surface area contributed by atoms with Gasteiger partial charge >= 0.3 is 0 Å². The minimum Gasteiger partial charge on any atom is -0.343 e. The van der Waals surface area contributed by atoms with E-state index in [1.54, 1.807) is 45.3 Å². The standard InChI is InChI=1S/C69H90N10O8/c1-45(71-3)65(83)75-64(49-18-8-5-9-19-49)69(87)77-35-15-25-57(77)44-79(59-38-54-22-12-13-23-55(54)39-59)62(82)42-73-67(85)51-32-28-47(29-33-51)46-26-30-50(31-27-46)66(84)72-41-61(81)78(58-36-52-20-10-11-21-53(52)37-58)43-56-24-14-34-76(56)68(86)63(74-60(80)40-70-2)48-16-6-4-7-17-48/h10-13,20-23,26-33,45,48-49,56-59,63-64,70-71H,4-9,14-19,24-25,34-44H2,1-3H3,(H,72,84)(H,73,85)(H,74,80)(H,75,83)/t45-,56?,57?,63?,64?/m0/s1. The van der Waals surface area contributed by atoms with Crippen LogP contribution in [0.15, 0.2) is 97.1 Å². The van der Waals surface area contributed by atoms with Gasteiger partial charge < -0.3 is 51.5 Å². The Kier molecular flexibility index (Phi) is 21.2. The largest absolute Gasteiger partial charge is 0.343 e. The van der Waals surface area contributed by atoms with Gasteiger partial charge in [-0.05, 0) is 168 Å². The Morgan fingerprint density at radius 3 is 1.25 bits per heavy atom. The average molecular weight is 1190 g/mol. The van der Waals surface area contributed by atoms with Gasteiger partial charge in [0.2, 0.25) is 35.4 Å². The van der Waals surface area contributed by atoms with Crippen LogP contribution in [0.2, 0.25) is 0 Å². The maximum atomic E-state index is 14.6. The van der Waals surface area contributed by atoms with Crippen molar-refractivity contribution in [3.05, 3.63) is 130 Å². The van der Waals surface area contributed by atoms with E-state index in [9.17, 15) is 38.4 Å². The van der Waals surface area contributed by atoms with Crippen LogP contribution in [-0.4, -0.2) is 169 Å². The number of carbonyl (C=O) groups excluding carboxylic acids is 8. The zero-order valence-electron chi connectivity index (χ0n) is 51.2. The van der Waals surface area contributed by atoms with E-state index in [4.69, 9.17) is 0 Å². The summed E-state index contributed by atoms with van der Waals surface area (Å²) in [4.78, 5) is 119. The molecule has 4 aromatic carbocycles. The molecule has 2 heterocycles. The third-order valence-electron chi connectivity index (χ3n) is 19.7. The first-order valence-electron chi connectivity index (χ1n) is 32.3. The van der Waals surface area contributed by atoms with E-state index in [-0.39, 0.29) is 91.1 Å². The highest BCUT2D eigenvalue weighted by Gasteiger charge is 2.43. The molecule has 6 N–H and O–H groups in total. The van der Waals surface area contributed by atoms with E-state index in [1.165, 1.54) is 22.3 Å². The zero-order valence-corrected chi connectivity index (χ0v) is 51.2. The highest BCUT2D eigenvalue weighted by Crippen LogP contribution is 2.34. The minimum atomic E-state index is -0.632. The number of hydrogen-bond donors (Lipinski definition) is 6. The van der Waals surface area contributed by atoms with Crippen molar-refractivity contribution in [2.75, 3.05) is 59.9 Å². The SMILES string of the molecule is CNCC(=O)NC(C(=O)N1CCCC1CN(C(=O)CNC(=O)c1ccc(-c2ccc(C(=O)NCC(=O)N(CC3CCCN3C(=O)C(NC(=O)[C@H](C)NC)C3CCCCC3)C3Cc4ccccc4C3)cc2)cc1)C1Cc2ccccc2C1)C1CCCCC1. The lowest BCUT2D eigenvalue weighted by Crippen LogP contribution is -2.58. The maximum absolute atomic E-state index is 14.6. The van der Waals surface area contributed by atoms with Crippen LogP contribution in [0.25, 0.3) is 11.1 Å². The molecule has 4 aliphatic carbocycles. The summed E-state index contributed by atoms with van der Waals surface area (Å²) in [6, 6.07) is 28.1. The molecule has 2 saturated carbocycles. The molecule has 8 amide bonds. The molecular weight excluding hydrogens is 1100 g/mol. The lowest BCUT2D eigenvalue weighted by atomic mass is 9.83. The summed E-state index contributed by atoms with van der Waals surface area (Å²) in [5.41, 5.74) is 7.13. The van der Waals surface area contributed by atoms with Crippen LogP contribution >= 0.6 is 0 Å². The van der Waals surface area contributed by atoms with Crippen LogP contribution in [0.5, 0.6) is 0 Å². The van der Waals surface area contributed by atoms with E-state index < -0.39 is 29.9 Å². The number of likely N-dealkylation sites (N-methyl/N-ethyl adjacent to an activating group) is 2. The Morgan fingerprint density at radius 1 is 0.483 bits per heavy atom. The van der Waals surface area contributed by atoms with Crippen molar-refractivity contribution in [1.82, 2.24) is 51.5 Å². The third kappa shape index (κ3) is 15.3. The fourth-order valence-electron chi connectivity index (χ4n) is 14.7. The predicted octanol–water partition coefficient (Wildman–Crippen LogP) is 5.74. The normalized spacial score (nSPS) is 20.0. The predicted molar refractivity (Wildman–Crippen MR) is 334 cm³/mol. The summed E-state index contributed by atoms with van der Waals surface area (Å²) in [6.07, 6.45) is 15.6. The van der Waals surface area contributed by atoms with Crippen molar-refractivity contribution in [2.45, 2.75) is 165 Å². The molecular formula is C69H90N10O8. The Bertz CT molecular complexity index is 3040. The first-order chi connectivity index (χ1) is 42.3. The van der Waals surface area contributed by atoms with Gasteiger partial charge in [0.05, 0.1) is 25.7 Å². The summed E-state index contributed by atoms with van der Waals surface area (Å²) in [5, 5.41) is 17.9. The van der Waals surface area contributed by atoms with Crippen molar-refractivity contribution in [3.63, 3.8) is 0 Å². The summed E-state index contributed by atoms with van der Waals surface area (Å²) in [7, 11) is 3.45. The smallest absolute Gasteiger partial charge is 0.251 e. The fourth-order valence-corrected chi connectivity index (χ4v) is 14.7. The summed E-state index contributed by atoms with van der Waals surface area (Å²) in [6.45, 7) is 3.23. The van der Waals surface area contributed by atoms with Crippen LogP contribution in [0.3, 0.4) is 0 Å². The van der Waals surface area contributed by atoms with Gasteiger partial charge in [-0.2, -0.15) is 0 Å². The Balaban J connectivity index is 0.755. The monoisotopic (exact) mass is 1190 g/mol. The molecule has 0 bridgehead atoms. The van der Waals surface area contributed by atoms with E-state index in [0.29, 0.717) is 63.0 Å². The highest BCUT2D eigenvalue weighted by atomic mass is 16.2. The minimum absolute atomic E-state index is 0.0505. The molecule has 0 aromatic heterocycles. The molecule has 4 unspecified atom stereocenters. The number of nitrogens with zero attached hydrogens (tertiary/aromatic N) is 4. The van der Waals surface area contributed by atoms with Gasteiger partial charge in [-0.3, -0.25) is 38.4 Å². The number of rotatable bonds is 23. The Morgan fingerprint density at radius 2 is 0.874 bits per heavy atom. The van der Waals surface area contributed by atoms with Crippen LogP contribution in [0.1, 0.15) is 140 Å². The van der Waals surface area contributed by atoms with Crippen molar-refractivity contribution in [3.8, 4) is 11.1 Å². The quantitative estimate of drug-likeness (QED) is 0.0529. The molecule has 18 heteroatoms. The van der Waals surface area contributed by atoms with Crippen molar-refractivity contribution < 1.29 is 38.4 Å². The second-order valence-corrected chi connectivity index (χ2v) is 25.3. The second-order valence-electron chi connectivity index (χ2n) is 25.3. The van der Waals surface area contributed by atoms with Gasteiger partial charge in [-0.15, -0.1) is 0 Å². The lowest BCUT2D eigenvalue weighted by Gasteiger charge is -2.38. The lowest BCUT2D eigenvalue weighted by molar-refractivity contribution is -0.141. The molecule has 6 aliphatic rings. The number of hydrogen-bond acceptors (Lipinski definition) is 10. The average Bonchev–Trinajstić information content (AvgIpc) is 3.23. The van der Waals surface area contributed by atoms with Crippen LogP contribution < -0.4 is 31.9 Å². The summed E-state index contributed by atoms with van der Waals surface area (Å²) >= 11 is 0. The molecule has 18 nitrogen and oxygen atoms in total. The molecule has 0 spiro atoms. The van der Waals surface area contributed by atoms with Crippen molar-refractivity contribution in [1.29, 1.82) is 0 Å². The maximum Gasteiger partial charge on any atom is 0.251 e. The van der Waals surface area contributed by atoms with E-state index in [2.05, 4.69) is 56.2 Å². The third-order valence-corrected chi connectivity index (χ3v) is 19.7. The van der Waals surface area contributed by atoms with E-state index >= 15 is 0 Å². The first-order valence-corrected chi connectivity index (χ1v) is 32.3. The van der Waals surface area contributed by atoms with Crippen molar-refractivity contribution >= 4 is 47.3 Å². The number of nitrogens with one attached hydrogen (secondary N) is 6. The number of carbonyl (C=O) groups is 8. The molecule has 2 aliphatic heterocycles. The van der Waals surface area contributed by atoms with Crippen LogP contribution in [-0.2, 0) is 54.5 Å². The number of likely N-dealkylation sites (tertiary alicyclic amines) is 2. The van der Waals surface area contributed by atoms with E-state index in [1.807, 2.05) is 68.1 Å². The molecule has 4 aromatic rings. The highest BCUT2D eigenvalue weighted by molar-refractivity contribution is 5.98. The molecule has 4 fully saturated rings. The Hall–Kier alpha value is -7.44. The zero-order chi connectivity index (χ0) is 61.0. The number of amides is 8. The second kappa shape index (κ2) is 29.5. The van der Waals surface area contributed by atoms with Crippen LogP contribution in [0.4, 0.5) is 0 Å². The Labute approximate surface area is 513 Å². The van der Waals surface area contributed by atoms with E-state index in [0.717, 1.165) is 101 Å². The topological polar surface area (TPSA) is 222 Å². The van der Waals surface area contributed by atoms with Crippen molar-refractivity contribution in [2.24, 2.45) is 11.8 Å². The van der Waals surface area contributed by atoms with Gasteiger partial charge in [0, 0.05) is 61.5 Å². The summed E-state index contributed by atoms with van der Waals surface area (Å²) < 4.78 is 0. The van der Waals surface area contributed by atoms with Gasteiger partial charge in [0.25, 0.3) is 11.8 Å². The van der Waals surface area contributed by atoms with Gasteiger partial charge in [-0.25, -0.2) is 0 Å². The first kappa shape index (κ1) is 62.6. The summed E-state index contributed by atoms with van der Waals surface area (Å²) in [5.74, 6) is -1.69. The molecule has 10 rings (SSSR count). The fraction of sp³-hybridized carbons (Fsp3) is 0.536. The molecule has 5 atom stereocenters. The number of fused-ring (bicyclic) bond motifs is 2. The molecule has 464 valence electrons. The van der Waals surface area contributed by atoms with Gasteiger partial charge in [-0.1, -0.05) is 111 Å². The molecule has 0 radical (unpaired) electrons. The van der Waals surface area contributed by atoms with Crippen LogP contribution in [0, 0.1) is 11.8 Å². The molecule has 2 saturated heterocycles. The van der Waals surface area contributed by atoms with Gasteiger partial charge in [0.1, 0.15) is 12.1 Å². The number of benzene rings is 4. The molecule has 87 heavy (non-hydrogen) atoms. The van der Waals surface area contributed by atoms with Gasteiger partial charge in [0.15, 0.2) is 0 Å².